The van der Waals surface area contributed by atoms with Crippen LogP contribution in [-0.2, 0) is 0 Å². The molecule has 0 heteroatoms. The van der Waals surface area contributed by atoms with E-state index in [2.05, 4.69) is 55.1 Å². The normalized spacial score (nSPS) is 10.1. The number of hydrogen-bond acceptors (Lipinski definition) is 0. The molecule has 0 fully saturated rings. The Bertz CT molecular complexity index is 519. The van der Waals surface area contributed by atoms with E-state index in [-0.39, 0.29) is 0 Å². The van der Waals surface area contributed by atoms with Gasteiger partial charge in [0.05, 0.1) is 0 Å². The van der Waals surface area contributed by atoms with Gasteiger partial charge in [0.2, 0.25) is 0 Å². The average Bonchev–Trinajstić information content (AvgIpc) is 2.41. The van der Waals surface area contributed by atoms with Crippen molar-refractivity contribution in [3.63, 3.8) is 0 Å². The standard InChI is InChI=1S/C15H14.C2H6/c1-3-7-12-10-11-13-8-5-6-9-15(13)14(12)4-2;1-2/h3-11H,2H2,1H3;1-2H3. The van der Waals surface area contributed by atoms with Crippen LogP contribution in [0.1, 0.15) is 31.9 Å². The first kappa shape index (κ1) is 13.2. The van der Waals surface area contributed by atoms with Crippen LogP contribution in [0.15, 0.2) is 49.1 Å². The van der Waals surface area contributed by atoms with Gasteiger partial charge in [-0.1, -0.05) is 75.1 Å². The van der Waals surface area contributed by atoms with Gasteiger partial charge in [-0.05, 0) is 28.8 Å². The molecular weight excluding hydrogens is 204 g/mol. The summed E-state index contributed by atoms with van der Waals surface area (Å²) in [6.45, 7) is 9.92. The molecular formula is C17H20. The largest absolute Gasteiger partial charge is 0.0984 e. The molecule has 2 aromatic carbocycles. The molecule has 0 aliphatic carbocycles. The highest BCUT2D eigenvalue weighted by Crippen LogP contribution is 2.24. The van der Waals surface area contributed by atoms with E-state index in [0.29, 0.717) is 0 Å². The maximum atomic E-state index is 3.89. The fourth-order valence-corrected chi connectivity index (χ4v) is 1.87. The van der Waals surface area contributed by atoms with Crippen LogP contribution >= 0.6 is 0 Å². The lowest BCUT2D eigenvalue weighted by Gasteiger charge is -2.06. The molecule has 0 aliphatic rings. The van der Waals surface area contributed by atoms with E-state index in [9.17, 15) is 0 Å². The molecule has 0 heterocycles. The predicted octanol–water partition coefficient (Wildman–Crippen LogP) is 5.54. The SMILES string of the molecule is C=Cc1c(C=CC)ccc2ccccc12.CC. The fourth-order valence-electron chi connectivity index (χ4n) is 1.87. The van der Waals surface area contributed by atoms with Gasteiger partial charge in [0, 0.05) is 0 Å². The van der Waals surface area contributed by atoms with Gasteiger partial charge < -0.3 is 0 Å². The molecule has 0 amide bonds. The summed E-state index contributed by atoms with van der Waals surface area (Å²) >= 11 is 0. The van der Waals surface area contributed by atoms with Crippen molar-refractivity contribution in [3.05, 3.63) is 60.2 Å². The van der Waals surface area contributed by atoms with Gasteiger partial charge >= 0.3 is 0 Å². The molecule has 2 rings (SSSR count). The monoisotopic (exact) mass is 224 g/mol. The van der Waals surface area contributed by atoms with Crippen LogP contribution in [0.2, 0.25) is 0 Å². The molecule has 0 radical (unpaired) electrons. The molecule has 17 heavy (non-hydrogen) atoms. The molecule has 2 aromatic rings. The second-order valence-corrected chi connectivity index (χ2v) is 3.49. The van der Waals surface area contributed by atoms with Gasteiger partial charge in [-0.3, -0.25) is 0 Å². The Morgan fingerprint density at radius 2 is 1.71 bits per heavy atom. The van der Waals surface area contributed by atoms with Crippen molar-refractivity contribution in [2.75, 3.05) is 0 Å². The zero-order chi connectivity index (χ0) is 12.7. The van der Waals surface area contributed by atoms with Crippen molar-refractivity contribution >= 4 is 22.9 Å². The second-order valence-electron chi connectivity index (χ2n) is 3.49. The maximum absolute atomic E-state index is 3.89. The molecule has 0 nitrogen and oxygen atoms in total. The van der Waals surface area contributed by atoms with Gasteiger partial charge in [-0.25, -0.2) is 0 Å². The van der Waals surface area contributed by atoms with Gasteiger partial charge in [-0.2, -0.15) is 0 Å². The number of benzene rings is 2. The van der Waals surface area contributed by atoms with Crippen molar-refractivity contribution in [2.24, 2.45) is 0 Å². The Labute approximate surface area is 104 Å². The summed E-state index contributed by atoms with van der Waals surface area (Å²) in [6, 6.07) is 12.7. The molecule has 0 unspecified atom stereocenters. The Hall–Kier alpha value is -1.82. The minimum Gasteiger partial charge on any atom is -0.0984 e. The fraction of sp³-hybridized carbons (Fsp3) is 0.176. The van der Waals surface area contributed by atoms with Gasteiger partial charge in [0.1, 0.15) is 0 Å². The van der Waals surface area contributed by atoms with Crippen LogP contribution in [0, 0.1) is 0 Å². The highest BCUT2D eigenvalue weighted by molar-refractivity contribution is 5.93. The zero-order valence-electron chi connectivity index (χ0n) is 10.9. The zero-order valence-corrected chi connectivity index (χ0v) is 10.9. The molecule has 0 aliphatic heterocycles. The smallest absolute Gasteiger partial charge is 0.0106 e. The van der Waals surface area contributed by atoms with Crippen molar-refractivity contribution in [2.45, 2.75) is 20.8 Å². The van der Waals surface area contributed by atoms with E-state index >= 15 is 0 Å². The first-order valence-corrected chi connectivity index (χ1v) is 6.13. The number of fused-ring (bicyclic) bond motifs is 1. The summed E-state index contributed by atoms with van der Waals surface area (Å²) in [7, 11) is 0. The highest BCUT2D eigenvalue weighted by atomic mass is 14.0. The molecule has 0 bridgehead atoms. The molecule has 0 atom stereocenters. The summed E-state index contributed by atoms with van der Waals surface area (Å²) < 4.78 is 0. The van der Waals surface area contributed by atoms with E-state index < -0.39 is 0 Å². The second kappa shape index (κ2) is 6.70. The van der Waals surface area contributed by atoms with Crippen LogP contribution in [0.25, 0.3) is 22.9 Å². The number of rotatable bonds is 2. The maximum Gasteiger partial charge on any atom is -0.0106 e. The predicted molar refractivity (Wildman–Crippen MR) is 80.1 cm³/mol. The lowest BCUT2D eigenvalue weighted by molar-refractivity contribution is 1.50. The summed E-state index contributed by atoms with van der Waals surface area (Å²) in [6.07, 6.45) is 6.10. The van der Waals surface area contributed by atoms with E-state index in [4.69, 9.17) is 0 Å². The first-order chi connectivity index (χ1) is 8.36. The quantitative estimate of drug-likeness (QED) is 0.628. The van der Waals surface area contributed by atoms with Crippen LogP contribution in [0.4, 0.5) is 0 Å². The van der Waals surface area contributed by atoms with Crippen LogP contribution in [-0.4, -0.2) is 0 Å². The molecule has 88 valence electrons. The topological polar surface area (TPSA) is 0 Å². The Morgan fingerprint density at radius 3 is 2.35 bits per heavy atom. The van der Waals surface area contributed by atoms with Gasteiger partial charge in [-0.15, -0.1) is 0 Å². The lowest BCUT2D eigenvalue weighted by atomic mass is 9.99. The van der Waals surface area contributed by atoms with Gasteiger partial charge in [0.25, 0.3) is 0 Å². The minimum atomic E-state index is 1.21. The summed E-state index contributed by atoms with van der Waals surface area (Å²) in [5.74, 6) is 0. The van der Waals surface area contributed by atoms with E-state index in [0.717, 1.165) is 0 Å². The van der Waals surface area contributed by atoms with Crippen molar-refractivity contribution < 1.29 is 0 Å². The minimum absolute atomic E-state index is 1.21. The molecule has 0 saturated heterocycles. The molecule has 0 spiro atoms. The highest BCUT2D eigenvalue weighted by Gasteiger charge is 2.01. The van der Waals surface area contributed by atoms with Crippen molar-refractivity contribution in [1.29, 1.82) is 0 Å². The molecule has 0 saturated carbocycles. The van der Waals surface area contributed by atoms with E-state index in [1.807, 2.05) is 26.8 Å². The Kier molecular flexibility index (Phi) is 5.22. The number of hydrogen-bond donors (Lipinski definition) is 0. The Morgan fingerprint density at radius 1 is 1.00 bits per heavy atom. The Balaban J connectivity index is 0.000000686. The third kappa shape index (κ3) is 2.85. The first-order valence-electron chi connectivity index (χ1n) is 6.13. The average molecular weight is 224 g/mol. The van der Waals surface area contributed by atoms with Crippen LogP contribution in [0.3, 0.4) is 0 Å². The summed E-state index contributed by atoms with van der Waals surface area (Å²) in [4.78, 5) is 0. The van der Waals surface area contributed by atoms with Crippen LogP contribution < -0.4 is 0 Å². The van der Waals surface area contributed by atoms with Crippen molar-refractivity contribution in [3.8, 4) is 0 Å². The third-order valence-corrected chi connectivity index (χ3v) is 2.55. The molecule has 0 N–H and O–H groups in total. The lowest BCUT2D eigenvalue weighted by Crippen LogP contribution is -1.83. The molecule has 0 aromatic heterocycles. The van der Waals surface area contributed by atoms with Crippen LogP contribution in [0.5, 0.6) is 0 Å². The number of allylic oxidation sites excluding steroid dienone is 1. The van der Waals surface area contributed by atoms with E-state index in [1.54, 1.807) is 0 Å². The summed E-state index contributed by atoms with van der Waals surface area (Å²) in [5.41, 5.74) is 2.44. The third-order valence-electron chi connectivity index (χ3n) is 2.55. The van der Waals surface area contributed by atoms with E-state index in [1.165, 1.54) is 21.9 Å². The summed E-state index contributed by atoms with van der Waals surface area (Å²) in [5, 5.41) is 2.53. The van der Waals surface area contributed by atoms with Crippen molar-refractivity contribution in [1.82, 2.24) is 0 Å². The van der Waals surface area contributed by atoms with Gasteiger partial charge in [0.15, 0.2) is 0 Å².